The molecule has 8 heteroatoms. The number of rotatable bonds is 16. The smallest absolute Gasteiger partial charge is 0.185 e. The summed E-state index contributed by atoms with van der Waals surface area (Å²) in [4.78, 5) is 0. The van der Waals surface area contributed by atoms with Crippen LogP contribution in [0.5, 0.6) is 0 Å². The zero-order valence-electron chi connectivity index (χ0n) is 17.5. The minimum absolute atomic E-state index is 0.0376. The van der Waals surface area contributed by atoms with Crippen LogP contribution in [0.15, 0.2) is 12.7 Å². The van der Waals surface area contributed by atoms with E-state index in [0.29, 0.717) is 19.8 Å². The number of aliphatic hydroxyl groups excluding tert-OH is 2. The molecule has 4 unspecified atom stereocenters. The maximum atomic E-state index is 10.1. The summed E-state index contributed by atoms with van der Waals surface area (Å²) >= 11 is 0. The van der Waals surface area contributed by atoms with E-state index in [4.69, 9.17) is 28.4 Å². The summed E-state index contributed by atoms with van der Waals surface area (Å²) in [5, 5.41) is 20.1. The van der Waals surface area contributed by atoms with Crippen LogP contribution in [0.2, 0.25) is 0 Å². The van der Waals surface area contributed by atoms with Gasteiger partial charge in [-0.25, -0.2) is 0 Å². The van der Waals surface area contributed by atoms with Crippen molar-refractivity contribution in [2.24, 2.45) is 5.92 Å². The molecule has 1 rings (SSSR count). The highest BCUT2D eigenvalue weighted by Gasteiger charge is 2.41. The number of hydrogen-bond donors (Lipinski definition) is 2. The molecule has 2 N–H and O–H groups in total. The predicted molar refractivity (Wildman–Crippen MR) is 104 cm³/mol. The van der Waals surface area contributed by atoms with Crippen molar-refractivity contribution in [2.45, 2.75) is 57.4 Å². The molecular formula is C20H38O8. The van der Waals surface area contributed by atoms with Crippen LogP contribution in [-0.4, -0.2) is 94.3 Å². The molecule has 1 aliphatic heterocycles. The third kappa shape index (κ3) is 9.76. The Hall–Kier alpha value is -0.580. The molecule has 0 spiro atoms. The van der Waals surface area contributed by atoms with E-state index < -0.39 is 24.6 Å². The van der Waals surface area contributed by atoms with Gasteiger partial charge in [-0.05, 0) is 6.42 Å². The highest BCUT2D eigenvalue weighted by molar-refractivity contribution is 4.84. The van der Waals surface area contributed by atoms with E-state index in [0.717, 1.165) is 12.8 Å². The Morgan fingerprint density at radius 2 is 1.71 bits per heavy atom. The van der Waals surface area contributed by atoms with Crippen LogP contribution in [0.3, 0.4) is 0 Å². The minimum Gasteiger partial charge on any atom is -0.388 e. The summed E-state index contributed by atoms with van der Waals surface area (Å²) in [7, 11) is 1.54. The zero-order valence-corrected chi connectivity index (χ0v) is 17.5. The molecule has 8 nitrogen and oxygen atoms in total. The lowest BCUT2D eigenvalue weighted by Crippen LogP contribution is -2.53. The minimum atomic E-state index is -0.755. The van der Waals surface area contributed by atoms with Crippen molar-refractivity contribution in [1.82, 2.24) is 0 Å². The average Bonchev–Trinajstić information content (AvgIpc) is 2.69. The molecule has 0 aromatic rings. The SMILES string of the molecule is C=CCOCC(O)CO[C@@H]1C(C)CO[C@@H](OC)C1OCC(O)COCCCC. The Balaban J connectivity index is 2.51. The first-order valence-electron chi connectivity index (χ1n) is 10.0. The quantitative estimate of drug-likeness (QED) is 0.291. The van der Waals surface area contributed by atoms with Crippen molar-refractivity contribution in [3.63, 3.8) is 0 Å². The number of unbranched alkanes of at least 4 members (excludes halogenated alkanes) is 1. The summed E-state index contributed by atoms with van der Waals surface area (Å²) in [5.41, 5.74) is 0. The van der Waals surface area contributed by atoms with E-state index in [9.17, 15) is 10.2 Å². The van der Waals surface area contributed by atoms with Crippen LogP contribution >= 0.6 is 0 Å². The Morgan fingerprint density at radius 3 is 2.32 bits per heavy atom. The largest absolute Gasteiger partial charge is 0.388 e. The van der Waals surface area contributed by atoms with E-state index in [1.807, 2.05) is 6.92 Å². The molecule has 0 radical (unpaired) electrons. The van der Waals surface area contributed by atoms with Crippen molar-refractivity contribution in [1.29, 1.82) is 0 Å². The first-order valence-corrected chi connectivity index (χ1v) is 10.0. The van der Waals surface area contributed by atoms with Gasteiger partial charge in [-0.3, -0.25) is 0 Å². The zero-order chi connectivity index (χ0) is 20.8. The van der Waals surface area contributed by atoms with E-state index in [-0.39, 0.29) is 38.4 Å². The fourth-order valence-corrected chi connectivity index (χ4v) is 2.84. The number of ether oxygens (including phenoxy) is 6. The summed E-state index contributed by atoms with van der Waals surface area (Å²) in [5.74, 6) is 0.0376. The van der Waals surface area contributed by atoms with Gasteiger partial charge in [0.05, 0.1) is 45.7 Å². The molecule has 28 heavy (non-hydrogen) atoms. The van der Waals surface area contributed by atoms with Gasteiger partial charge in [0, 0.05) is 19.6 Å². The molecular weight excluding hydrogens is 368 g/mol. The lowest BCUT2D eigenvalue weighted by Gasteiger charge is -2.41. The Morgan fingerprint density at radius 1 is 1.07 bits per heavy atom. The highest BCUT2D eigenvalue weighted by atomic mass is 16.7. The van der Waals surface area contributed by atoms with Crippen LogP contribution in [0.25, 0.3) is 0 Å². The summed E-state index contributed by atoms with van der Waals surface area (Å²) < 4.78 is 33.5. The molecule has 0 amide bonds. The van der Waals surface area contributed by atoms with Crippen molar-refractivity contribution >= 4 is 0 Å². The molecule has 166 valence electrons. The highest BCUT2D eigenvalue weighted by Crippen LogP contribution is 2.26. The predicted octanol–water partition coefficient (Wildman–Crippen LogP) is 1.14. The second-order valence-electron chi connectivity index (χ2n) is 7.07. The van der Waals surface area contributed by atoms with Crippen LogP contribution < -0.4 is 0 Å². The summed E-state index contributed by atoms with van der Waals surface area (Å²) in [6.45, 7) is 9.64. The second-order valence-corrected chi connectivity index (χ2v) is 7.07. The van der Waals surface area contributed by atoms with Crippen molar-refractivity contribution in [3.05, 3.63) is 12.7 Å². The lowest BCUT2D eigenvalue weighted by atomic mass is 9.97. The van der Waals surface area contributed by atoms with Crippen molar-refractivity contribution < 1.29 is 38.6 Å². The fraction of sp³-hybridized carbons (Fsp3) is 0.900. The van der Waals surface area contributed by atoms with E-state index in [2.05, 4.69) is 13.5 Å². The molecule has 1 aliphatic rings. The Labute approximate surface area is 168 Å². The van der Waals surface area contributed by atoms with Gasteiger partial charge in [-0.2, -0.15) is 0 Å². The molecule has 1 heterocycles. The fourth-order valence-electron chi connectivity index (χ4n) is 2.84. The van der Waals surface area contributed by atoms with E-state index >= 15 is 0 Å². The van der Waals surface area contributed by atoms with Gasteiger partial charge in [0.25, 0.3) is 0 Å². The molecule has 0 bridgehead atoms. The van der Waals surface area contributed by atoms with Gasteiger partial charge < -0.3 is 38.6 Å². The molecule has 1 fully saturated rings. The normalized spacial score (nSPS) is 27.5. The number of aliphatic hydroxyl groups is 2. The van der Waals surface area contributed by atoms with Gasteiger partial charge in [0.2, 0.25) is 0 Å². The molecule has 1 saturated heterocycles. The van der Waals surface area contributed by atoms with Gasteiger partial charge in [0.15, 0.2) is 6.29 Å². The molecule has 0 aliphatic carbocycles. The first-order chi connectivity index (χ1) is 13.5. The molecule has 0 aromatic heterocycles. The van der Waals surface area contributed by atoms with Gasteiger partial charge in [-0.1, -0.05) is 26.3 Å². The van der Waals surface area contributed by atoms with Crippen molar-refractivity contribution in [3.8, 4) is 0 Å². The molecule has 0 saturated carbocycles. The van der Waals surface area contributed by atoms with Gasteiger partial charge >= 0.3 is 0 Å². The third-order valence-corrected chi connectivity index (χ3v) is 4.37. The monoisotopic (exact) mass is 406 g/mol. The summed E-state index contributed by atoms with van der Waals surface area (Å²) in [6, 6.07) is 0. The van der Waals surface area contributed by atoms with Crippen LogP contribution in [0.4, 0.5) is 0 Å². The third-order valence-electron chi connectivity index (χ3n) is 4.37. The van der Waals surface area contributed by atoms with E-state index in [1.165, 1.54) is 7.11 Å². The van der Waals surface area contributed by atoms with E-state index in [1.54, 1.807) is 6.08 Å². The maximum absolute atomic E-state index is 10.1. The Kier molecular flexibility index (Phi) is 13.9. The standard InChI is InChI=1S/C20H38O8/c1-5-7-9-25-12-17(22)14-27-19-18(15(3)10-28-20(19)23-4)26-13-16(21)11-24-8-6-2/h6,15-22H,2,5,7-14H2,1,3-4H3/t15?,16?,17?,18-,19?,20-/m1/s1. The Bertz CT molecular complexity index is 394. The second kappa shape index (κ2) is 15.3. The van der Waals surface area contributed by atoms with Crippen LogP contribution in [0.1, 0.15) is 26.7 Å². The molecule has 0 aromatic carbocycles. The van der Waals surface area contributed by atoms with Crippen LogP contribution in [-0.2, 0) is 28.4 Å². The lowest BCUT2D eigenvalue weighted by molar-refractivity contribution is -0.276. The first kappa shape index (κ1) is 25.5. The van der Waals surface area contributed by atoms with Crippen molar-refractivity contribution in [2.75, 3.05) is 53.4 Å². The van der Waals surface area contributed by atoms with Gasteiger partial charge in [-0.15, -0.1) is 6.58 Å². The summed E-state index contributed by atoms with van der Waals surface area (Å²) in [6.07, 6.45) is 0.646. The van der Waals surface area contributed by atoms with Gasteiger partial charge in [0.1, 0.15) is 18.3 Å². The number of hydrogen-bond acceptors (Lipinski definition) is 8. The maximum Gasteiger partial charge on any atom is 0.185 e. The topological polar surface area (TPSA) is 95.8 Å². The average molecular weight is 407 g/mol. The number of methoxy groups -OCH3 is 1. The molecule has 6 atom stereocenters. The van der Waals surface area contributed by atoms with Crippen LogP contribution in [0, 0.1) is 5.92 Å².